The van der Waals surface area contributed by atoms with Crippen molar-refractivity contribution < 1.29 is 14.6 Å². The predicted octanol–water partition coefficient (Wildman–Crippen LogP) is 4.41. The Hall–Kier alpha value is -2.32. The van der Waals surface area contributed by atoms with Crippen LogP contribution in [0.1, 0.15) is 28.4 Å². The first-order valence-corrected chi connectivity index (χ1v) is 7.43. The number of benzene rings is 1. The quantitative estimate of drug-likeness (QED) is 0.672. The first-order chi connectivity index (χ1) is 10.1. The second kappa shape index (κ2) is 6.42. The van der Waals surface area contributed by atoms with E-state index < -0.39 is 5.97 Å². The van der Waals surface area contributed by atoms with Crippen LogP contribution in [0.2, 0.25) is 0 Å². The SMILES string of the molecule is [C-]#[N+]c1c(CC)sc(C(=O)OCC)c1-c1ccc(O)cc1. The van der Waals surface area contributed by atoms with Crippen LogP contribution in [-0.4, -0.2) is 17.7 Å². The zero-order valence-electron chi connectivity index (χ0n) is 11.8. The molecule has 0 saturated heterocycles. The number of ether oxygens (including phenoxy) is 1. The summed E-state index contributed by atoms with van der Waals surface area (Å²) in [6, 6.07) is 6.49. The van der Waals surface area contributed by atoms with Crippen molar-refractivity contribution in [3.05, 3.63) is 45.4 Å². The van der Waals surface area contributed by atoms with Gasteiger partial charge in [-0.15, -0.1) is 11.3 Å². The summed E-state index contributed by atoms with van der Waals surface area (Å²) in [6.45, 7) is 11.4. The van der Waals surface area contributed by atoms with E-state index in [1.54, 1.807) is 31.2 Å². The zero-order valence-corrected chi connectivity index (χ0v) is 12.7. The second-order valence-corrected chi connectivity index (χ2v) is 5.42. The zero-order chi connectivity index (χ0) is 15.4. The predicted molar refractivity (Wildman–Crippen MR) is 83.0 cm³/mol. The lowest BCUT2D eigenvalue weighted by Crippen LogP contribution is -2.03. The molecule has 0 aliphatic heterocycles. The van der Waals surface area contributed by atoms with Gasteiger partial charge in [0.25, 0.3) is 0 Å². The summed E-state index contributed by atoms with van der Waals surface area (Å²) in [5.41, 5.74) is 1.83. The smallest absolute Gasteiger partial charge is 0.347 e. The van der Waals surface area contributed by atoms with Crippen molar-refractivity contribution in [2.75, 3.05) is 6.61 Å². The lowest BCUT2D eigenvalue weighted by atomic mass is 10.0. The third-order valence-electron chi connectivity index (χ3n) is 3.00. The fraction of sp³-hybridized carbons (Fsp3) is 0.250. The summed E-state index contributed by atoms with van der Waals surface area (Å²) in [6.07, 6.45) is 0.687. The monoisotopic (exact) mass is 301 g/mol. The molecule has 0 saturated carbocycles. The summed E-state index contributed by atoms with van der Waals surface area (Å²) in [5.74, 6) is -0.262. The molecule has 0 aliphatic rings. The average molecular weight is 301 g/mol. The van der Waals surface area contributed by atoms with Crippen molar-refractivity contribution >= 4 is 23.0 Å². The second-order valence-electron chi connectivity index (χ2n) is 4.31. The van der Waals surface area contributed by atoms with E-state index in [1.807, 2.05) is 6.92 Å². The summed E-state index contributed by atoms with van der Waals surface area (Å²) in [5, 5.41) is 9.39. The van der Waals surface area contributed by atoms with Crippen molar-refractivity contribution in [1.82, 2.24) is 0 Å². The van der Waals surface area contributed by atoms with E-state index in [9.17, 15) is 9.90 Å². The lowest BCUT2D eigenvalue weighted by Gasteiger charge is -2.05. The van der Waals surface area contributed by atoms with Crippen molar-refractivity contribution in [1.29, 1.82) is 0 Å². The fourth-order valence-electron chi connectivity index (χ4n) is 2.06. The number of esters is 1. The van der Waals surface area contributed by atoms with E-state index in [2.05, 4.69) is 4.85 Å². The summed E-state index contributed by atoms with van der Waals surface area (Å²) < 4.78 is 5.09. The standard InChI is InChI=1S/C16H15NO3S/c1-4-12-14(17-3)13(10-6-8-11(18)9-7-10)15(21-12)16(19)20-5-2/h6-9,18H,4-5H2,1-2H3. The van der Waals surface area contributed by atoms with Gasteiger partial charge in [0.05, 0.1) is 13.2 Å². The van der Waals surface area contributed by atoms with Crippen molar-refractivity contribution in [2.45, 2.75) is 20.3 Å². The van der Waals surface area contributed by atoms with Gasteiger partial charge in [0.15, 0.2) is 0 Å². The third-order valence-corrected chi connectivity index (χ3v) is 4.31. The van der Waals surface area contributed by atoms with Gasteiger partial charge < -0.3 is 9.84 Å². The minimum absolute atomic E-state index is 0.145. The van der Waals surface area contributed by atoms with Crippen LogP contribution in [0.5, 0.6) is 5.75 Å². The van der Waals surface area contributed by atoms with E-state index in [-0.39, 0.29) is 5.75 Å². The molecule has 0 unspecified atom stereocenters. The maximum absolute atomic E-state index is 12.1. The molecule has 2 aromatic rings. The third kappa shape index (κ3) is 2.91. The van der Waals surface area contributed by atoms with Gasteiger partial charge in [-0.05, 0) is 31.0 Å². The van der Waals surface area contributed by atoms with Crippen LogP contribution in [0.4, 0.5) is 5.69 Å². The van der Waals surface area contributed by atoms with E-state index in [1.165, 1.54) is 11.3 Å². The lowest BCUT2D eigenvalue weighted by molar-refractivity contribution is 0.0533. The molecule has 108 valence electrons. The Bertz CT molecular complexity index is 696. The molecule has 4 nitrogen and oxygen atoms in total. The first kappa shape index (κ1) is 15.1. The molecular formula is C16H15NO3S. The Morgan fingerprint density at radius 3 is 2.52 bits per heavy atom. The number of phenols is 1. The van der Waals surface area contributed by atoms with Gasteiger partial charge in [-0.2, -0.15) is 0 Å². The molecule has 0 amide bonds. The van der Waals surface area contributed by atoms with Crippen LogP contribution in [0.15, 0.2) is 24.3 Å². The molecule has 2 rings (SSSR count). The van der Waals surface area contributed by atoms with Crippen molar-refractivity contribution in [2.24, 2.45) is 0 Å². The molecule has 21 heavy (non-hydrogen) atoms. The van der Waals surface area contributed by atoms with Gasteiger partial charge in [-0.3, -0.25) is 0 Å². The highest BCUT2D eigenvalue weighted by Crippen LogP contribution is 2.43. The van der Waals surface area contributed by atoms with Gasteiger partial charge in [0.2, 0.25) is 5.69 Å². The van der Waals surface area contributed by atoms with Crippen LogP contribution < -0.4 is 0 Å². The number of aromatic hydroxyl groups is 1. The van der Waals surface area contributed by atoms with E-state index in [4.69, 9.17) is 11.3 Å². The summed E-state index contributed by atoms with van der Waals surface area (Å²) in [7, 11) is 0. The maximum atomic E-state index is 12.1. The van der Waals surface area contributed by atoms with Gasteiger partial charge in [-0.1, -0.05) is 19.1 Å². The minimum atomic E-state index is -0.407. The molecular weight excluding hydrogens is 286 g/mol. The molecule has 1 N–H and O–H groups in total. The van der Waals surface area contributed by atoms with Crippen LogP contribution in [0.3, 0.4) is 0 Å². The molecule has 1 aromatic carbocycles. The molecule has 0 radical (unpaired) electrons. The molecule has 1 aromatic heterocycles. The number of thiophene rings is 1. The van der Waals surface area contributed by atoms with E-state index in [0.29, 0.717) is 29.2 Å². The molecule has 5 heteroatoms. The van der Waals surface area contributed by atoms with Gasteiger partial charge in [0.1, 0.15) is 10.6 Å². The van der Waals surface area contributed by atoms with Crippen LogP contribution in [0, 0.1) is 6.57 Å². The maximum Gasteiger partial charge on any atom is 0.347 e. The van der Waals surface area contributed by atoms with Crippen molar-refractivity contribution in [3.8, 4) is 16.9 Å². The highest BCUT2D eigenvalue weighted by atomic mass is 32.1. The Morgan fingerprint density at radius 2 is 2.00 bits per heavy atom. The van der Waals surface area contributed by atoms with Crippen LogP contribution in [-0.2, 0) is 11.2 Å². The number of nitrogens with zero attached hydrogens (tertiary/aromatic N) is 1. The topological polar surface area (TPSA) is 50.9 Å². The number of carbonyl (C=O) groups is 1. The summed E-state index contributed by atoms with van der Waals surface area (Å²) in [4.78, 5) is 17.1. The van der Waals surface area contributed by atoms with Gasteiger partial charge in [0, 0.05) is 10.4 Å². The fourth-order valence-corrected chi connectivity index (χ4v) is 3.16. The average Bonchev–Trinajstić information content (AvgIpc) is 2.87. The Balaban J connectivity index is 2.66. The number of aryl methyl sites for hydroxylation is 1. The number of phenolic OH excluding ortho intramolecular Hbond substituents is 1. The van der Waals surface area contributed by atoms with Crippen LogP contribution in [0.25, 0.3) is 16.0 Å². The van der Waals surface area contributed by atoms with E-state index in [0.717, 1.165) is 10.4 Å². The molecule has 1 heterocycles. The van der Waals surface area contributed by atoms with Gasteiger partial charge in [-0.25, -0.2) is 9.64 Å². The normalized spacial score (nSPS) is 10.1. The molecule has 0 spiro atoms. The first-order valence-electron chi connectivity index (χ1n) is 6.62. The molecule has 0 bridgehead atoms. The van der Waals surface area contributed by atoms with Crippen LogP contribution >= 0.6 is 11.3 Å². The Morgan fingerprint density at radius 1 is 1.33 bits per heavy atom. The highest BCUT2D eigenvalue weighted by molar-refractivity contribution is 7.15. The minimum Gasteiger partial charge on any atom is -0.508 e. The number of carbonyl (C=O) groups excluding carboxylic acids is 1. The Kier molecular flexibility index (Phi) is 4.61. The van der Waals surface area contributed by atoms with Crippen molar-refractivity contribution in [3.63, 3.8) is 0 Å². The molecule has 0 fully saturated rings. The number of hydrogen-bond donors (Lipinski definition) is 1. The molecule has 0 atom stereocenters. The summed E-state index contributed by atoms with van der Waals surface area (Å²) >= 11 is 1.31. The molecule has 0 aliphatic carbocycles. The van der Waals surface area contributed by atoms with Gasteiger partial charge >= 0.3 is 5.97 Å². The number of rotatable bonds is 4. The number of hydrogen-bond acceptors (Lipinski definition) is 4. The highest BCUT2D eigenvalue weighted by Gasteiger charge is 2.24. The Labute approximate surface area is 127 Å². The van der Waals surface area contributed by atoms with E-state index >= 15 is 0 Å². The largest absolute Gasteiger partial charge is 0.508 e.